The number of carbonyl (C=O) groups is 1. The van der Waals surface area contributed by atoms with Crippen LogP contribution in [0.25, 0.3) is 0 Å². The van der Waals surface area contributed by atoms with Crippen LogP contribution >= 0.6 is 0 Å². The SMILES string of the molecule is [B][C@@H]1C(=O)C=CC1(C)C. The van der Waals surface area contributed by atoms with Gasteiger partial charge in [0.1, 0.15) is 0 Å². The van der Waals surface area contributed by atoms with Crippen LogP contribution in [0.1, 0.15) is 13.8 Å². The molecule has 0 N–H and O–H groups in total. The maximum absolute atomic E-state index is 10.8. The summed E-state index contributed by atoms with van der Waals surface area (Å²) in [5.41, 5.74) is -0.128. The Kier molecular flexibility index (Phi) is 1.26. The monoisotopic (exact) mass is 120 g/mol. The Morgan fingerprint density at radius 1 is 1.67 bits per heavy atom. The van der Waals surface area contributed by atoms with Crippen molar-refractivity contribution in [3.05, 3.63) is 12.2 Å². The highest BCUT2D eigenvalue weighted by Gasteiger charge is 2.31. The maximum atomic E-state index is 10.8. The molecule has 0 aromatic carbocycles. The third-order valence-corrected chi connectivity index (χ3v) is 1.79. The van der Waals surface area contributed by atoms with Gasteiger partial charge in [-0.05, 0) is 17.3 Å². The molecule has 0 aromatic rings. The molecule has 0 unspecified atom stereocenters. The zero-order chi connectivity index (χ0) is 7.07. The fourth-order valence-electron chi connectivity index (χ4n) is 0.871. The lowest BCUT2D eigenvalue weighted by Gasteiger charge is -2.20. The van der Waals surface area contributed by atoms with Gasteiger partial charge in [-0.3, -0.25) is 4.79 Å². The Balaban J connectivity index is 2.86. The van der Waals surface area contributed by atoms with Gasteiger partial charge in [0, 0.05) is 0 Å². The van der Waals surface area contributed by atoms with Crippen LogP contribution in [0, 0.1) is 5.41 Å². The highest BCUT2D eigenvalue weighted by atomic mass is 16.1. The molecule has 1 aliphatic rings. The Morgan fingerprint density at radius 3 is 2.33 bits per heavy atom. The highest BCUT2D eigenvalue weighted by molar-refractivity contribution is 6.28. The Bertz CT molecular complexity index is 170. The molecule has 0 aliphatic heterocycles. The van der Waals surface area contributed by atoms with Gasteiger partial charge in [-0.2, -0.15) is 0 Å². The first-order valence-corrected chi connectivity index (χ1v) is 3.03. The molecule has 0 amide bonds. The van der Waals surface area contributed by atoms with Crippen molar-refractivity contribution in [3.63, 3.8) is 0 Å². The second-order valence-electron chi connectivity index (χ2n) is 3.03. The van der Waals surface area contributed by atoms with E-state index < -0.39 is 0 Å². The molecule has 46 valence electrons. The molecule has 9 heavy (non-hydrogen) atoms. The Morgan fingerprint density at radius 2 is 2.22 bits per heavy atom. The number of allylic oxidation sites excluding steroid dienone is 2. The van der Waals surface area contributed by atoms with Crippen LogP contribution in [0.2, 0.25) is 5.82 Å². The summed E-state index contributed by atoms with van der Waals surface area (Å²) in [7, 11) is 5.54. The molecule has 1 atom stereocenters. The molecular weight excluding hydrogens is 111 g/mol. The van der Waals surface area contributed by atoms with E-state index in [0.29, 0.717) is 0 Å². The number of carbonyl (C=O) groups excluding carboxylic acids is 1. The molecule has 2 radical (unpaired) electrons. The first kappa shape index (κ1) is 6.59. The predicted octanol–water partition coefficient (Wildman–Crippen LogP) is 1.11. The molecule has 0 bridgehead atoms. The number of hydrogen-bond donors (Lipinski definition) is 0. The second-order valence-corrected chi connectivity index (χ2v) is 3.03. The van der Waals surface area contributed by atoms with Crippen molar-refractivity contribution >= 4 is 13.6 Å². The molecular formula is C7H9BO. The van der Waals surface area contributed by atoms with Crippen molar-refractivity contribution in [1.82, 2.24) is 0 Å². The average Bonchev–Trinajstić information content (AvgIpc) is 1.97. The molecule has 0 heterocycles. The van der Waals surface area contributed by atoms with Crippen LogP contribution < -0.4 is 0 Å². The number of hydrogen-bond acceptors (Lipinski definition) is 1. The third kappa shape index (κ3) is 0.936. The summed E-state index contributed by atoms with van der Waals surface area (Å²) in [4.78, 5) is 10.8. The summed E-state index contributed by atoms with van der Waals surface area (Å²) in [5, 5.41) is 0. The van der Waals surface area contributed by atoms with Gasteiger partial charge in [0.15, 0.2) is 5.78 Å². The molecule has 1 rings (SSSR count). The van der Waals surface area contributed by atoms with Crippen molar-refractivity contribution in [2.75, 3.05) is 0 Å². The minimum absolute atomic E-state index is 0.0417. The molecule has 0 spiro atoms. The fraction of sp³-hybridized carbons (Fsp3) is 0.571. The standard InChI is InChI=1S/C7H9BO/c1-7(2)4-3-5(9)6(7)8/h3-4,6H,1-2H3/t6-/m1/s1. The Hall–Kier alpha value is -0.525. The van der Waals surface area contributed by atoms with Gasteiger partial charge in [0.05, 0.1) is 7.85 Å². The normalized spacial score (nSPS) is 31.3. The summed E-state index contributed by atoms with van der Waals surface area (Å²) in [6.07, 6.45) is 3.42. The van der Waals surface area contributed by atoms with E-state index >= 15 is 0 Å². The fourth-order valence-corrected chi connectivity index (χ4v) is 0.871. The first-order chi connectivity index (χ1) is 4.04. The van der Waals surface area contributed by atoms with Gasteiger partial charge in [-0.1, -0.05) is 19.9 Å². The van der Waals surface area contributed by atoms with Crippen molar-refractivity contribution in [1.29, 1.82) is 0 Å². The summed E-state index contributed by atoms with van der Waals surface area (Å²) in [6.45, 7) is 3.91. The van der Waals surface area contributed by atoms with Gasteiger partial charge in [-0.25, -0.2) is 0 Å². The lowest BCUT2D eigenvalue weighted by molar-refractivity contribution is -0.114. The lowest BCUT2D eigenvalue weighted by atomic mass is 9.69. The van der Waals surface area contributed by atoms with E-state index in [9.17, 15) is 4.79 Å². The van der Waals surface area contributed by atoms with Crippen LogP contribution in [0.4, 0.5) is 0 Å². The van der Waals surface area contributed by atoms with Crippen molar-refractivity contribution in [3.8, 4) is 0 Å². The zero-order valence-corrected chi connectivity index (χ0v) is 5.72. The van der Waals surface area contributed by atoms with E-state index in [1.807, 2.05) is 19.9 Å². The van der Waals surface area contributed by atoms with Crippen LogP contribution in [0.15, 0.2) is 12.2 Å². The van der Waals surface area contributed by atoms with E-state index in [0.717, 1.165) is 0 Å². The van der Waals surface area contributed by atoms with E-state index in [2.05, 4.69) is 0 Å². The minimum Gasteiger partial charge on any atom is -0.295 e. The summed E-state index contributed by atoms with van der Waals surface area (Å²) < 4.78 is 0. The molecule has 2 heteroatoms. The first-order valence-electron chi connectivity index (χ1n) is 3.03. The molecule has 0 saturated heterocycles. The smallest absolute Gasteiger partial charge is 0.150 e. The zero-order valence-electron chi connectivity index (χ0n) is 5.72. The maximum Gasteiger partial charge on any atom is 0.150 e. The van der Waals surface area contributed by atoms with Crippen LogP contribution in [0.3, 0.4) is 0 Å². The number of ketones is 1. The lowest BCUT2D eigenvalue weighted by Crippen LogP contribution is -2.16. The predicted molar refractivity (Wildman–Crippen MR) is 37.4 cm³/mol. The minimum atomic E-state index is -0.322. The summed E-state index contributed by atoms with van der Waals surface area (Å²) in [6, 6.07) is 0. The largest absolute Gasteiger partial charge is 0.295 e. The Labute approximate surface area is 56.5 Å². The third-order valence-electron chi connectivity index (χ3n) is 1.79. The van der Waals surface area contributed by atoms with E-state index in [4.69, 9.17) is 7.85 Å². The van der Waals surface area contributed by atoms with E-state index in [1.165, 1.54) is 0 Å². The van der Waals surface area contributed by atoms with Gasteiger partial charge in [-0.15, -0.1) is 0 Å². The second kappa shape index (κ2) is 1.73. The van der Waals surface area contributed by atoms with E-state index in [1.54, 1.807) is 6.08 Å². The average molecular weight is 120 g/mol. The molecule has 1 aliphatic carbocycles. The van der Waals surface area contributed by atoms with Gasteiger partial charge in [0.25, 0.3) is 0 Å². The van der Waals surface area contributed by atoms with Crippen LogP contribution in [-0.4, -0.2) is 13.6 Å². The summed E-state index contributed by atoms with van der Waals surface area (Å²) in [5.74, 6) is -0.280. The van der Waals surface area contributed by atoms with Crippen LogP contribution in [0.5, 0.6) is 0 Å². The van der Waals surface area contributed by atoms with Crippen LogP contribution in [-0.2, 0) is 4.79 Å². The van der Waals surface area contributed by atoms with Gasteiger partial charge >= 0.3 is 0 Å². The summed E-state index contributed by atoms with van der Waals surface area (Å²) >= 11 is 0. The topological polar surface area (TPSA) is 17.1 Å². The molecule has 0 aromatic heterocycles. The quantitative estimate of drug-likeness (QED) is 0.437. The highest BCUT2D eigenvalue weighted by Crippen LogP contribution is 2.36. The van der Waals surface area contributed by atoms with Crippen molar-refractivity contribution < 1.29 is 4.79 Å². The van der Waals surface area contributed by atoms with Crippen molar-refractivity contribution in [2.24, 2.45) is 5.41 Å². The van der Waals surface area contributed by atoms with Crippen molar-refractivity contribution in [2.45, 2.75) is 19.7 Å². The molecule has 0 saturated carbocycles. The van der Waals surface area contributed by atoms with E-state index in [-0.39, 0.29) is 17.0 Å². The van der Waals surface area contributed by atoms with Gasteiger partial charge in [0.2, 0.25) is 0 Å². The number of rotatable bonds is 0. The van der Waals surface area contributed by atoms with Gasteiger partial charge < -0.3 is 0 Å². The molecule has 0 fully saturated rings. The molecule has 1 nitrogen and oxygen atoms in total.